The molecule has 0 aliphatic carbocycles. The fourth-order valence-electron chi connectivity index (χ4n) is 3.03. The van der Waals surface area contributed by atoms with Gasteiger partial charge in [0.25, 0.3) is 0 Å². The standard InChI is InChI=1S/C17H16N4O2S/c18-16(22)14-7-11-3-1-2-4-12(11)8-21(14)9-15-19-17(20-23-15)13-5-6-24-10-13/h1-6,10,14H,7-9H2,(H2,18,22)/t14-/m0/s1. The van der Waals surface area contributed by atoms with Crippen LogP contribution in [0.1, 0.15) is 17.0 Å². The van der Waals surface area contributed by atoms with Crippen LogP contribution in [-0.4, -0.2) is 27.0 Å². The smallest absolute Gasteiger partial charge is 0.241 e. The van der Waals surface area contributed by atoms with E-state index in [0.29, 0.717) is 31.2 Å². The SMILES string of the molecule is NC(=O)[C@@H]1Cc2ccccc2CN1Cc1nc(-c2ccsc2)no1. The first-order valence-electron chi connectivity index (χ1n) is 7.66. The van der Waals surface area contributed by atoms with Crippen LogP contribution in [0.5, 0.6) is 0 Å². The van der Waals surface area contributed by atoms with Crippen LogP contribution in [0.2, 0.25) is 0 Å². The average molecular weight is 340 g/mol. The van der Waals surface area contributed by atoms with Gasteiger partial charge in [-0.25, -0.2) is 0 Å². The van der Waals surface area contributed by atoms with Gasteiger partial charge in [-0.05, 0) is 29.0 Å². The molecule has 2 N–H and O–H groups in total. The number of aromatic nitrogens is 2. The second-order valence-corrected chi connectivity index (χ2v) is 6.60. The monoisotopic (exact) mass is 340 g/mol. The minimum Gasteiger partial charge on any atom is -0.368 e. The van der Waals surface area contributed by atoms with E-state index in [2.05, 4.69) is 16.2 Å². The molecule has 122 valence electrons. The molecule has 0 fully saturated rings. The van der Waals surface area contributed by atoms with Crippen molar-refractivity contribution in [3.8, 4) is 11.4 Å². The molecule has 1 amide bonds. The fourth-order valence-corrected chi connectivity index (χ4v) is 3.66. The number of carbonyl (C=O) groups excluding carboxylic acids is 1. The van der Waals surface area contributed by atoms with Crippen molar-refractivity contribution in [1.29, 1.82) is 0 Å². The lowest BCUT2D eigenvalue weighted by atomic mass is 9.93. The second-order valence-electron chi connectivity index (χ2n) is 5.82. The zero-order valence-electron chi connectivity index (χ0n) is 12.9. The quantitative estimate of drug-likeness (QED) is 0.787. The zero-order valence-corrected chi connectivity index (χ0v) is 13.7. The predicted octanol–water partition coefficient (Wildman–Crippen LogP) is 2.21. The molecule has 4 rings (SSSR count). The Kier molecular flexibility index (Phi) is 3.87. The molecule has 0 radical (unpaired) electrons. The van der Waals surface area contributed by atoms with Crippen LogP contribution in [0.25, 0.3) is 11.4 Å². The van der Waals surface area contributed by atoms with Crippen molar-refractivity contribution in [3.05, 3.63) is 58.1 Å². The zero-order chi connectivity index (χ0) is 16.5. The Morgan fingerprint density at radius 2 is 2.17 bits per heavy atom. The highest BCUT2D eigenvalue weighted by Crippen LogP contribution is 2.25. The van der Waals surface area contributed by atoms with Gasteiger partial charge in [0, 0.05) is 17.5 Å². The van der Waals surface area contributed by atoms with Crippen molar-refractivity contribution in [2.45, 2.75) is 25.6 Å². The van der Waals surface area contributed by atoms with Gasteiger partial charge in [-0.3, -0.25) is 9.69 Å². The second kappa shape index (κ2) is 6.18. The van der Waals surface area contributed by atoms with Gasteiger partial charge in [0.2, 0.25) is 17.6 Å². The molecule has 0 spiro atoms. The normalized spacial score (nSPS) is 17.6. The van der Waals surface area contributed by atoms with E-state index in [0.717, 1.165) is 5.56 Å². The largest absolute Gasteiger partial charge is 0.368 e. The summed E-state index contributed by atoms with van der Waals surface area (Å²) in [6, 6.07) is 9.69. The lowest BCUT2D eigenvalue weighted by molar-refractivity contribution is -0.124. The number of carbonyl (C=O) groups is 1. The molecule has 6 nitrogen and oxygen atoms in total. The Bertz CT molecular complexity index is 859. The van der Waals surface area contributed by atoms with Crippen LogP contribution in [0, 0.1) is 0 Å². The van der Waals surface area contributed by atoms with Crippen molar-refractivity contribution in [1.82, 2.24) is 15.0 Å². The highest BCUT2D eigenvalue weighted by molar-refractivity contribution is 7.08. The number of primary amides is 1. The average Bonchev–Trinajstić information content (AvgIpc) is 3.25. The molecule has 1 aromatic carbocycles. The van der Waals surface area contributed by atoms with Crippen molar-refractivity contribution in [2.24, 2.45) is 5.73 Å². The van der Waals surface area contributed by atoms with Crippen molar-refractivity contribution in [3.63, 3.8) is 0 Å². The van der Waals surface area contributed by atoms with Gasteiger partial charge in [0.15, 0.2) is 0 Å². The minimum atomic E-state index is -0.364. The van der Waals surface area contributed by atoms with E-state index in [9.17, 15) is 4.79 Å². The van der Waals surface area contributed by atoms with Crippen molar-refractivity contribution < 1.29 is 9.32 Å². The summed E-state index contributed by atoms with van der Waals surface area (Å²) in [5, 5.41) is 7.95. The van der Waals surface area contributed by atoms with Gasteiger partial charge < -0.3 is 10.3 Å². The number of hydrogen-bond donors (Lipinski definition) is 1. The molecule has 1 atom stereocenters. The predicted molar refractivity (Wildman–Crippen MR) is 90.0 cm³/mol. The first-order chi connectivity index (χ1) is 11.7. The molecule has 0 saturated heterocycles. The lowest BCUT2D eigenvalue weighted by Gasteiger charge is -2.33. The van der Waals surface area contributed by atoms with Gasteiger partial charge >= 0.3 is 0 Å². The van der Waals surface area contributed by atoms with Crippen molar-refractivity contribution >= 4 is 17.2 Å². The van der Waals surface area contributed by atoms with E-state index >= 15 is 0 Å². The number of thiophene rings is 1. The maximum atomic E-state index is 11.9. The summed E-state index contributed by atoms with van der Waals surface area (Å²) in [5.74, 6) is 0.725. The molecular weight excluding hydrogens is 324 g/mol. The summed E-state index contributed by atoms with van der Waals surface area (Å²) in [4.78, 5) is 18.3. The summed E-state index contributed by atoms with van der Waals surface area (Å²) in [6.45, 7) is 1.04. The maximum Gasteiger partial charge on any atom is 0.241 e. The van der Waals surface area contributed by atoms with Crippen LogP contribution >= 0.6 is 11.3 Å². The molecule has 1 aliphatic rings. The molecular formula is C17H16N4O2S. The summed E-state index contributed by atoms with van der Waals surface area (Å²) in [7, 11) is 0. The number of fused-ring (bicyclic) bond motifs is 1. The highest BCUT2D eigenvalue weighted by atomic mass is 32.1. The highest BCUT2D eigenvalue weighted by Gasteiger charge is 2.31. The van der Waals surface area contributed by atoms with Crippen molar-refractivity contribution in [2.75, 3.05) is 0 Å². The van der Waals surface area contributed by atoms with Gasteiger partial charge in [-0.15, -0.1) is 0 Å². The molecule has 2 aromatic heterocycles. The lowest BCUT2D eigenvalue weighted by Crippen LogP contribution is -2.48. The van der Waals surface area contributed by atoms with Crippen LogP contribution in [0.15, 0.2) is 45.6 Å². The number of amides is 1. The molecule has 0 bridgehead atoms. The number of nitrogens with two attached hydrogens (primary N) is 1. The summed E-state index contributed by atoms with van der Waals surface area (Å²) in [6.07, 6.45) is 0.608. The van der Waals surface area contributed by atoms with E-state index in [1.807, 2.05) is 39.9 Å². The molecule has 7 heteroatoms. The summed E-state index contributed by atoms with van der Waals surface area (Å²) in [5.41, 5.74) is 8.91. The van der Waals surface area contributed by atoms with Crippen LogP contribution in [0.4, 0.5) is 0 Å². The van der Waals surface area contributed by atoms with Crippen LogP contribution in [0.3, 0.4) is 0 Å². The van der Waals surface area contributed by atoms with Gasteiger partial charge in [0.05, 0.1) is 12.6 Å². The minimum absolute atomic E-state index is 0.331. The fraction of sp³-hybridized carbons (Fsp3) is 0.235. The van der Waals surface area contributed by atoms with Crippen LogP contribution < -0.4 is 5.73 Å². The van der Waals surface area contributed by atoms with E-state index in [-0.39, 0.29) is 11.9 Å². The van der Waals surface area contributed by atoms with Gasteiger partial charge in [-0.2, -0.15) is 16.3 Å². The molecule has 3 aromatic rings. The number of hydrogen-bond acceptors (Lipinski definition) is 6. The molecule has 0 saturated carbocycles. The molecule has 0 unspecified atom stereocenters. The Hall–Kier alpha value is -2.51. The van der Waals surface area contributed by atoms with E-state index in [4.69, 9.17) is 10.3 Å². The number of benzene rings is 1. The van der Waals surface area contributed by atoms with E-state index < -0.39 is 0 Å². The maximum absolute atomic E-state index is 11.9. The number of nitrogens with zero attached hydrogens (tertiary/aromatic N) is 3. The Morgan fingerprint density at radius 1 is 1.33 bits per heavy atom. The first kappa shape index (κ1) is 15.0. The summed E-state index contributed by atoms with van der Waals surface area (Å²) < 4.78 is 5.36. The molecule has 1 aliphatic heterocycles. The summed E-state index contributed by atoms with van der Waals surface area (Å²) >= 11 is 1.58. The molecule has 3 heterocycles. The number of rotatable bonds is 4. The Balaban J connectivity index is 1.57. The van der Waals surface area contributed by atoms with Gasteiger partial charge in [-0.1, -0.05) is 29.4 Å². The Labute approximate surface area is 142 Å². The Morgan fingerprint density at radius 3 is 2.92 bits per heavy atom. The molecule has 24 heavy (non-hydrogen) atoms. The van der Waals surface area contributed by atoms with E-state index in [1.165, 1.54) is 11.1 Å². The third kappa shape index (κ3) is 2.83. The van der Waals surface area contributed by atoms with Crippen LogP contribution in [-0.2, 0) is 24.3 Å². The third-order valence-corrected chi connectivity index (χ3v) is 4.94. The first-order valence-corrected chi connectivity index (χ1v) is 8.60. The van der Waals surface area contributed by atoms with Gasteiger partial charge in [0.1, 0.15) is 0 Å². The topological polar surface area (TPSA) is 85.3 Å². The third-order valence-electron chi connectivity index (χ3n) is 4.26. The van der Waals surface area contributed by atoms with E-state index in [1.54, 1.807) is 11.3 Å².